The van der Waals surface area contributed by atoms with E-state index in [1.165, 1.54) is 6.26 Å². The van der Waals surface area contributed by atoms with E-state index in [4.69, 9.17) is 13.9 Å². The fourth-order valence-electron chi connectivity index (χ4n) is 3.18. The van der Waals surface area contributed by atoms with Crippen molar-refractivity contribution in [1.82, 2.24) is 10.2 Å². The van der Waals surface area contributed by atoms with Gasteiger partial charge in [0.25, 0.3) is 5.91 Å². The zero-order valence-corrected chi connectivity index (χ0v) is 14.1. The molecule has 1 N–H and O–H groups in total. The second-order valence-corrected chi connectivity index (χ2v) is 6.61. The molecule has 2 amide bonds. The quantitative estimate of drug-likeness (QED) is 0.899. The highest BCUT2D eigenvalue weighted by atomic mass is 16.7. The molecule has 0 aliphatic carbocycles. The summed E-state index contributed by atoms with van der Waals surface area (Å²) in [6.07, 6.45) is 2.76. The standard InChI is InChI=1S/C17H24N2O5/c1-12(2)14(18-15(20)13-4-3-9-22-13)16(21)19-7-5-17(6-8-19)23-10-11-24-17/h3-4,9,12,14H,5-8,10-11H2,1-2H3,(H,18,20)/t14-/m1/s1. The molecule has 0 unspecified atom stereocenters. The lowest BCUT2D eigenvalue weighted by Crippen LogP contribution is -2.55. The fraction of sp³-hybridized carbons (Fsp3) is 0.647. The van der Waals surface area contributed by atoms with E-state index in [0.29, 0.717) is 39.1 Å². The van der Waals surface area contributed by atoms with Crippen molar-refractivity contribution in [3.8, 4) is 0 Å². The van der Waals surface area contributed by atoms with Gasteiger partial charge in [-0.2, -0.15) is 0 Å². The molecule has 2 aliphatic rings. The van der Waals surface area contributed by atoms with Crippen LogP contribution in [-0.2, 0) is 14.3 Å². The summed E-state index contributed by atoms with van der Waals surface area (Å²) >= 11 is 0. The molecule has 3 heterocycles. The average molecular weight is 336 g/mol. The number of ether oxygens (including phenoxy) is 2. The van der Waals surface area contributed by atoms with Gasteiger partial charge in [0.1, 0.15) is 6.04 Å². The van der Waals surface area contributed by atoms with Crippen molar-refractivity contribution < 1.29 is 23.5 Å². The Morgan fingerprint density at radius 1 is 1.21 bits per heavy atom. The number of likely N-dealkylation sites (tertiary alicyclic amines) is 1. The molecule has 0 aromatic carbocycles. The Bertz CT molecular complexity index is 568. The molecule has 7 nitrogen and oxygen atoms in total. The summed E-state index contributed by atoms with van der Waals surface area (Å²) in [4.78, 5) is 26.8. The normalized spacial score (nSPS) is 21.2. The SMILES string of the molecule is CC(C)[C@@H](NC(=O)c1ccco1)C(=O)N1CCC2(CC1)OCCO2. The zero-order valence-electron chi connectivity index (χ0n) is 14.1. The third-order valence-corrected chi connectivity index (χ3v) is 4.61. The monoisotopic (exact) mass is 336 g/mol. The number of rotatable bonds is 4. The Hall–Kier alpha value is -1.86. The number of nitrogens with one attached hydrogen (secondary N) is 1. The molecule has 132 valence electrons. The molecule has 7 heteroatoms. The van der Waals surface area contributed by atoms with Gasteiger partial charge in [-0.25, -0.2) is 0 Å². The van der Waals surface area contributed by atoms with Crippen molar-refractivity contribution >= 4 is 11.8 Å². The summed E-state index contributed by atoms with van der Waals surface area (Å²) < 4.78 is 16.5. The highest BCUT2D eigenvalue weighted by Gasteiger charge is 2.42. The highest BCUT2D eigenvalue weighted by molar-refractivity contribution is 5.95. The minimum Gasteiger partial charge on any atom is -0.459 e. The van der Waals surface area contributed by atoms with Gasteiger partial charge in [-0.1, -0.05) is 13.8 Å². The maximum atomic E-state index is 12.8. The number of furan rings is 1. The van der Waals surface area contributed by atoms with Crippen LogP contribution in [0.15, 0.2) is 22.8 Å². The number of carbonyl (C=O) groups excluding carboxylic acids is 2. The van der Waals surface area contributed by atoms with E-state index in [1.54, 1.807) is 17.0 Å². The van der Waals surface area contributed by atoms with E-state index in [-0.39, 0.29) is 23.5 Å². The summed E-state index contributed by atoms with van der Waals surface area (Å²) in [5, 5.41) is 2.79. The maximum absolute atomic E-state index is 12.8. The van der Waals surface area contributed by atoms with E-state index < -0.39 is 11.8 Å². The van der Waals surface area contributed by atoms with E-state index >= 15 is 0 Å². The van der Waals surface area contributed by atoms with Crippen LogP contribution in [0.4, 0.5) is 0 Å². The molecule has 0 bridgehead atoms. The summed E-state index contributed by atoms with van der Waals surface area (Å²) in [6, 6.07) is 2.64. The van der Waals surface area contributed by atoms with Gasteiger partial charge in [-0.05, 0) is 18.1 Å². The van der Waals surface area contributed by atoms with Crippen LogP contribution in [-0.4, -0.2) is 54.8 Å². The molecule has 0 radical (unpaired) electrons. The molecule has 2 saturated heterocycles. The first-order valence-electron chi connectivity index (χ1n) is 8.42. The van der Waals surface area contributed by atoms with Crippen molar-refractivity contribution in [3.05, 3.63) is 24.2 Å². The van der Waals surface area contributed by atoms with Gasteiger partial charge in [0.2, 0.25) is 5.91 Å². The molecule has 1 spiro atoms. The van der Waals surface area contributed by atoms with E-state index in [0.717, 1.165) is 0 Å². The van der Waals surface area contributed by atoms with Crippen LogP contribution in [0.1, 0.15) is 37.2 Å². The number of amides is 2. The molecular formula is C17H24N2O5. The Labute approximate surface area is 141 Å². The Kier molecular flexibility index (Phi) is 4.91. The minimum atomic E-state index is -0.581. The van der Waals surface area contributed by atoms with Gasteiger partial charge in [-0.3, -0.25) is 9.59 Å². The molecule has 3 rings (SSSR count). The molecule has 2 fully saturated rings. The van der Waals surface area contributed by atoms with Crippen LogP contribution in [0.5, 0.6) is 0 Å². The van der Waals surface area contributed by atoms with Crippen LogP contribution < -0.4 is 5.32 Å². The van der Waals surface area contributed by atoms with Gasteiger partial charge in [0, 0.05) is 25.9 Å². The summed E-state index contributed by atoms with van der Waals surface area (Å²) in [6.45, 7) is 6.19. The Balaban J connectivity index is 1.61. The zero-order chi connectivity index (χ0) is 17.2. The van der Waals surface area contributed by atoms with Gasteiger partial charge in [0.05, 0.1) is 19.5 Å². The van der Waals surface area contributed by atoms with Crippen molar-refractivity contribution in [2.45, 2.75) is 38.5 Å². The van der Waals surface area contributed by atoms with Gasteiger partial charge >= 0.3 is 0 Å². The third kappa shape index (κ3) is 3.47. The van der Waals surface area contributed by atoms with E-state index in [2.05, 4.69) is 5.32 Å². The molecule has 0 saturated carbocycles. The Morgan fingerprint density at radius 3 is 2.42 bits per heavy atom. The summed E-state index contributed by atoms with van der Waals surface area (Å²) in [5.41, 5.74) is 0. The van der Waals surface area contributed by atoms with Crippen LogP contribution >= 0.6 is 0 Å². The predicted molar refractivity (Wildman–Crippen MR) is 85.2 cm³/mol. The smallest absolute Gasteiger partial charge is 0.287 e. The lowest BCUT2D eigenvalue weighted by Gasteiger charge is -2.39. The van der Waals surface area contributed by atoms with Crippen LogP contribution in [0.2, 0.25) is 0 Å². The first-order chi connectivity index (χ1) is 11.5. The molecule has 24 heavy (non-hydrogen) atoms. The number of hydrogen-bond donors (Lipinski definition) is 1. The maximum Gasteiger partial charge on any atom is 0.287 e. The van der Waals surface area contributed by atoms with Gasteiger partial charge in [0.15, 0.2) is 11.5 Å². The number of carbonyl (C=O) groups is 2. The van der Waals surface area contributed by atoms with Crippen molar-refractivity contribution in [3.63, 3.8) is 0 Å². The van der Waals surface area contributed by atoms with Crippen molar-refractivity contribution in [2.75, 3.05) is 26.3 Å². The first kappa shape index (κ1) is 17.0. The number of piperidine rings is 1. The molecule has 1 atom stereocenters. The molecular weight excluding hydrogens is 312 g/mol. The number of hydrogen-bond acceptors (Lipinski definition) is 5. The second-order valence-electron chi connectivity index (χ2n) is 6.61. The largest absolute Gasteiger partial charge is 0.459 e. The van der Waals surface area contributed by atoms with Crippen molar-refractivity contribution in [2.24, 2.45) is 5.92 Å². The summed E-state index contributed by atoms with van der Waals surface area (Å²) in [7, 11) is 0. The minimum absolute atomic E-state index is 0.0220. The molecule has 1 aromatic heterocycles. The van der Waals surface area contributed by atoms with Gasteiger partial charge in [-0.15, -0.1) is 0 Å². The fourth-order valence-corrected chi connectivity index (χ4v) is 3.18. The first-order valence-corrected chi connectivity index (χ1v) is 8.42. The second kappa shape index (κ2) is 6.94. The van der Waals surface area contributed by atoms with E-state index in [1.807, 2.05) is 13.8 Å². The Morgan fingerprint density at radius 2 is 1.88 bits per heavy atom. The van der Waals surface area contributed by atoms with Gasteiger partial charge < -0.3 is 24.1 Å². The van der Waals surface area contributed by atoms with E-state index in [9.17, 15) is 9.59 Å². The van der Waals surface area contributed by atoms with Crippen LogP contribution in [0.25, 0.3) is 0 Å². The molecule has 2 aliphatic heterocycles. The predicted octanol–water partition coefficient (Wildman–Crippen LogP) is 1.40. The summed E-state index contributed by atoms with van der Waals surface area (Å²) in [5.74, 6) is -0.771. The van der Waals surface area contributed by atoms with Crippen LogP contribution in [0.3, 0.4) is 0 Å². The third-order valence-electron chi connectivity index (χ3n) is 4.61. The lowest BCUT2D eigenvalue weighted by atomic mass is 9.99. The van der Waals surface area contributed by atoms with Crippen LogP contribution in [0, 0.1) is 5.92 Å². The lowest BCUT2D eigenvalue weighted by molar-refractivity contribution is -0.188. The van der Waals surface area contributed by atoms with Crippen molar-refractivity contribution in [1.29, 1.82) is 0 Å². The topological polar surface area (TPSA) is 81.0 Å². The number of nitrogens with zero attached hydrogens (tertiary/aromatic N) is 1. The average Bonchev–Trinajstić information content (AvgIpc) is 3.24. The molecule has 1 aromatic rings. The highest BCUT2D eigenvalue weighted by Crippen LogP contribution is 2.31.